The fraction of sp³-hybridized carbons (Fsp3) is 0.385. The molecule has 0 aliphatic rings. The van der Waals surface area contributed by atoms with Crippen molar-refractivity contribution in [3.05, 3.63) is 24.0 Å². The molecule has 2 aromatic rings. The molecule has 1 heterocycles. The van der Waals surface area contributed by atoms with Gasteiger partial charge in [-0.3, -0.25) is 0 Å². The summed E-state index contributed by atoms with van der Waals surface area (Å²) in [6.07, 6.45) is 0.580. The highest BCUT2D eigenvalue weighted by Crippen LogP contribution is 2.31. The maximum atomic E-state index is 5.70. The molecule has 1 aromatic heterocycles. The number of benzene rings is 1. The van der Waals surface area contributed by atoms with Gasteiger partial charge in [-0.15, -0.1) is 0 Å². The van der Waals surface area contributed by atoms with E-state index in [1.54, 1.807) is 26.4 Å². The van der Waals surface area contributed by atoms with Crippen molar-refractivity contribution < 1.29 is 14.0 Å². The van der Waals surface area contributed by atoms with Crippen LogP contribution >= 0.6 is 0 Å². The highest BCUT2D eigenvalue weighted by Gasteiger charge is 2.13. The van der Waals surface area contributed by atoms with Crippen LogP contribution in [0.25, 0.3) is 11.5 Å². The van der Waals surface area contributed by atoms with Gasteiger partial charge in [-0.2, -0.15) is 4.98 Å². The SMILES string of the molecule is COc1ccc(-c2nc(CC(C)N)no2)cc1OC. The fourth-order valence-corrected chi connectivity index (χ4v) is 1.71. The molecule has 0 spiro atoms. The van der Waals surface area contributed by atoms with Crippen molar-refractivity contribution in [2.24, 2.45) is 5.73 Å². The van der Waals surface area contributed by atoms with Gasteiger partial charge in [-0.05, 0) is 25.1 Å². The van der Waals surface area contributed by atoms with Crippen LogP contribution in [0.5, 0.6) is 11.5 Å². The van der Waals surface area contributed by atoms with Gasteiger partial charge in [0.25, 0.3) is 5.89 Å². The van der Waals surface area contributed by atoms with Crippen LogP contribution in [0.1, 0.15) is 12.7 Å². The summed E-state index contributed by atoms with van der Waals surface area (Å²) in [5.41, 5.74) is 6.48. The first-order valence-electron chi connectivity index (χ1n) is 5.94. The fourth-order valence-electron chi connectivity index (χ4n) is 1.71. The second-order valence-electron chi connectivity index (χ2n) is 4.27. The zero-order valence-corrected chi connectivity index (χ0v) is 11.2. The van der Waals surface area contributed by atoms with Crippen LogP contribution in [0, 0.1) is 0 Å². The lowest BCUT2D eigenvalue weighted by atomic mass is 10.2. The first-order chi connectivity index (χ1) is 9.13. The molecule has 19 heavy (non-hydrogen) atoms. The lowest BCUT2D eigenvalue weighted by Gasteiger charge is -2.07. The zero-order chi connectivity index (χ0) is 13.8. The van der Waals surface area contributed by atoms with Crippen LogP contribution in [0.3, 0.4) is 0 Å². The minimum Gasteiger partial charge on any atom is -0.493 e. The summed E-state index contributed by atoms with van der Waals surface area (Å²) < 4.78 is 15.6. The Labute approximate surface area is 111 Å². The standard InChI is InChI=1S/C13H17N3O3/c1-8(14)6-12-15-13(19-16-12)9-4-5-10(17-2)11(7-9)18-3/h4-5,7-8H,6,14H2,1-3H3. The predicted molar refractivity (Wildman–Crippen MR) is 70.2 cm³/mol. The average molecular weight is 263 g/mol. The van der Waals surface area contributed by atoms with Gasteiger partial charge < -0.3 is 19.7 Å². The molecular weight excluding hydrogens is 246 g/mol. The van der Waals surface area contributed by atoms with Crippen LogP contribution in [0.15, 0.2) is 22.7 Å². The average Bonchev–Trinajstić information content (AvgIpc) is 2.85. The number of aromatic nitrogens is 2. The van der Waals surface area contributed by atoms with Crippen molar-refractivity contribution in [1.29, 1.82) is 0 Å². The molecule has 1 unspecified atom stereocenters. The summed E-state index contributed by atoms with van der Waals surface area (Å²) in [7, 11) is 3.17. The predicted octanol–water partition coefficient (Wildman–Crippen LogP) is 1.64. The van der Waals surface area contributed by atoms with E-state index in [1.165, 1.54) is 0 Å². The third kappa shape index (κ3) is 3.03. The molecule has 1 aromatic carbocycles. The molecule has 6 heteroatoms. The molecule has 0 saturated heterocycles. The zero-order valence-electron chi connectivity index (χ0n) is 11.2. The summed E-state index contributed by atoms with van der Waals surface area (Å²) in [5.74, 6) is 2.31. The minimum absolute atomic E-state index is 0.00384. The van der Waals surface area contributed by atoms with Gasteiger partial charge in [0.15, 0.2) is 17.3 Å². The Kier molecular flexibility index (Phi) is 4.01. The van der Waals surface area contributed by atoms with Gasteiger partial charge in [0.05, 0.1) is 14.2 Å². The number of methoxy groups -OCH3 is 2. The largest absolute Gasteiger partial charge is 0.493 e. The van der Waals surface area contributed by atoms with E-state index < -0.39 is 0 Å². The number of hydrogen-bond acceptors (Lipinski definition) is 6. The Morgan fingerprint density at radius 2 is 2.00 bits per heavy atom. The van der Waals surface area contributed by atoms with Gasteiger partial charge in [-0.25, -0.2) is 0 Å². The van der Waals surface area contributed by atoms with E-state index in [2.05, 4.69) is 10.1 Å². The second kappa shape index (κ2) is 5.71. The number of nitrogens with zero attached hydrogens (tertiary/aromatic N) is 2. The number of ether oxygens (including phenoxy) is 2. The molecule has 2 rings (SSSR count). The molecule has 0 amide bonds. The minimum atomic E-state index is -0.00384. The van der Waals surface area contributed by atoms with Crippen molar-refractivity contribution >= 4 is 0 Å². The molecular formula is C13H17N3O3. The van der Waals surface area contributed by atoms with E-state index in [0.717, 1.165) is 5.56 Å². The molecule has 6 nitrogen and oxygen atoms in total. The molecule has 0 fully saturated rings. The van der Waals surface area contributed by atoms with Crippen molar-refractivity contribution in [3.63, 3.8) is 0 Å². The van der Waals surface area contributed by atoms with Gasteiger partial charge in [0, 0.05) is 18.0 Å². The number of nitrogens with two attached hydrogens (primary N) is 1. The summed E-state index contributed by atoms with van der Waals surface area (Å²) in [6, 6.07) is 5.42. The normalized spacial score (nSPS) is 12.2. The topological polar surface area (TPSA) is 83.4 Å². The van der Waals surface area contributed by atoms with E-state index in [9.17, 15) is 0 Å². The van der Waals surface area contributed by atoms with Gasteiger partial charge in [-0.1, -0.05) is 5.16 Å². The molecule has 2 N–H and O–H groups in total. The Morgan fingerprint density at radius 3 is 2.63 bits per heavy atom. The van der Waals surface area contributed by atoms with Crippen LogP contribution in [0.4, 0.5) is 0 Å². The van der Waals surface area contributed by atoms with Gasteiger partial charge in [0.2, 0.25) is 0 Å². The number of hydrogen-bond donors (Lipinski definition) is 1. The molecule has 0 aliphatic carbocycles. The first-order valence-corrected chi connectivity index (χ1v) is 5.94. The van der Waals surface area contributed by atoms with Crippen LogP contribution in [0.2, 0.25) is 0 Å². The molecule has 0 saturated carbocycles. The maximum absolute atomic E-state index is 5.70. The monoisotopic (exact) mass is 263 g/mol. The molecule has 1 atom stereocenters. The summed E-state index contributed by atoms with van der Waals surface area (Å²) in [4.78, 5) is 4.30. The van der Waals surface area contributed by atoms with E-state index >= 15 is 0 Å². The summed E-state index contributed by atoms with van der Waals surface area (Å²) >= 11 is 0. The maximum Gasteiger partial charge on any atom is 0.258 e. The summed E-state index contributed by atoms with van der Waals surface area (Å²) in [5, 5.41) is 3.89. The van der Waals surface area contributed by atoms with Crippen LogP contribution < -0.4 is 15.2 Å². The quantitative estimate of drug-likeness (QED) is 0.883. The Bertz CT molecular complexity index is 552. The van der Waals surface area contributed by atoms with E-state index in [0.29, 0.717) is 29.6 Å². The Morgan fingerprint density at radius 1 is 1.26 bits per heavy atom. The summed E-state index contributed by atoms with van der Waals surface area (Å²) in [6.45, 7) is 1.90. The van der Waals surface area contributed by atoms with Crippen molar-refractivity contribution in [2.45, 2.75) is 19.4 Å². The third-order valence-corrected chi connectivity index (χ3v) is 2.60. The highest BCUT2D eigenvalue weighted by atomic mass is 16.5. The Hall–Kier alpha value is -2.08. The van der Waals surface area contributed by atoms with Crippen molar-refractivity contribution in [2.75, 3.05) is 14.2 Å². The van der Waals surface area contributed by atoms with E-state index in [1.807, 2.05) is 13.0 Å². The molecule has 102 valence electrons. The Balaban J connectivity index is 2.28. The van der Waals surface area contributed by atoms with Gasteiger partial charge in [0.1, 0.15) is 0 Å². The van der Waals surface area contributed by atoms with Crippen LogP contribution in [-0.4, -0.2) is 30.4 Å². The first kappa shape index (κ1) is 13.4. The lowest BCUT2D eigenvalue weighted by molar-refractivity contribution is 0.355. The highest BCUT2D eigenvalue weighted by molar-refractivity contribution is 5.59. The molecule has 0 aliphatic heterocycles. The van der Waals surface area contributed by atoms with E-state index in [-0.39, 0.29) is 6.04 Å². The smallest absolute Gasteiger partial charge is 0.258 e. The van der Waals surface area contributed by atoms with Crippen molar-refractivity contribution in [3.8, 4) is 23.0 Å². The molecule has 0 radical (unpaired) electrons. The van der Waals surface area contributed by atoms with E-state index in [4.69, 9.17) is 19.7 Å². The third-order valence-electron chi connectivity index (χ3n) is 2.60. The second-order valence-corrected chi connectivity index (χ2v) is 4.27. The van der Waals surface area contributed by atoms with Crippen LogP contribution in [-0.2, 0) is 6.42 Å². The lowest BCUT2D eigenvalue weighted by Crippen LogP contribution is -2.18. The van der Waals surface area contributed by atoms with Crippen molar-refractivity contribution in [1.82, 2.24) is 10.1 Å². The molecule has 0 bridgehead atoms. The van der Waals surface area contributed by atoms with Gasteiger partial charge >= 0.3 is 0 Å². The number of rotatable bonds is 5.